The van der Waals surface area contributed by atoms with Gasteiger partial charge in [0.25, 0.3) is 5.91 Å². The third kappa shape index (κ3) is 4.86. The number of rotatable bonds is 5. The first-order valence-corrected chi connectivity index (χ1v) is 9.98. The summed E-state index contributed by atoms with van der Waals surface area (Å²) >= 11 is 1.41. The van der Waals surface area contributed by atoms with E-state index in [1.165, 1.54) is 17.5 Å². The summed E-state index contributed by atoms with van der Waals surface area (Å²) in [7, 11) is 0. The molecule has 0 aromatic carbocycles. The van der Waals surface area contributed by atoms with Gasteiger partial charge in [0.05, 0.1) is 17.9 Å². The lowest BCUT2D eigenvalue weighted by atomic mass is 10.1. The van der Waals surface area contributed by atoms with Crippen LogP contribution >= 0.6 is 11.3 Å². The van der Waals surface area contributed by atoms with Crippen LogP contribution in [0.4, 0.5) is 5.13 Å². The molecule has 0 bridgehead atoms. The van der Waals surface area contributed by atoms with Crippen molar-refractivity contribution < 1.29 is 9.59 Å². The zero-order valence-corrected chi connectivity index (χ0v) is 16.4. The molecular formula is C18H24N6O2S. The van der Waals surface area contributed by atoms with Gasteiger partial charge in [0, 0.05) is 44.0 Å². The Morgan fingerprint density at radius 1 is 1.19 bits per heavy atom. The van der Waals surface area contributed by atoms with E-state index in [0.29, 0.717) is 36.9 Å². The maximum absolute atomic E-state index is 12.7. The maximum atomic E-state index is 12.7. The van der Waals surface area contributed by atoms with Gasteiger partial charge in [-0.05, 0) is 19.8 Å². The number of amides is 2. The molecule has 2 aromatic rings. The number of carbonyl (C=O) groups excluding carboxylic acids is 2. The number of hydrogen-bond acceptors (Lipinski definition) is 7. The van der Waals surface area contributed by atoms with Crippen molar-refractivity contribution in [2.24, 2.45) is 0 Å². The summed E-state index contributed by atoms with van der Waals surface area (Å²) in [6, 6.07) is -0.233. The minimum atomic E-state index is -0.233. The molecule has 1 unspecified atom stereocenters. The number of aromatic nitrogens is 3. The Kier molecular flexibility index (Phi) is 6.46. The van der Waals surface area contributed by atoms with E-state index in [0.717, 1.165) is 18.7 Å². The van der Waals surface area contributed by atoms with Gasteiger partial charge in [-0.15, -0.1) is 11.3 Å². The topological polar surface area (TPSA) is 91.3 Å². The fourth-order valence-electron chi connectivity index (χ4n) is 3.20. The third-order valence-corrected chi connectivity index (χ3v) is 5.30. The van der Waals surface area contributed by atoms with Gasteiger partial charge in [0.2, 0.25) is 5.91 Å². The molecular weight excluding hydrogens is 364 g/mol. The fourth-order valence-corrected chi connectivity index (χ4v) is 3.73. The zero-order chi connectivity index (χ0) is 19.2. The van der Waals surface area contributed by atoms with Crippen LogP contribution in [-0.2, 0) is 4.79 Å². The number of nitrogens with one attached hydrogen (secondary N) is 1. The van der Waals surface area contributed by atoms with Gasteiger partial charge in [-0.3, -0.25) is 19.5 Å². The van der Waals surface area contributed by atoms with Crippen LogP contribution in [0.3, 0.4) is 0 Å². The molecule has 3 rings (SSSR count). The fraction of sp³-hybridized carbons (Fsp3) is 0.500. The van der Waals surface area contributed by atoms with Crippen LogP contribution in [0, 0.1) is 6.92 Å². The lowest BCUT2D eigenvalue weighted by Crippen LogP contribution is -2.45. The molecule has 0 aliphatic carbocycles. The zero-order valence-electron chi connectivity index (χ0n) is 15.6. The summed E-state index contributed by atoms with van der Waals surface area (Å²) < 4.78 is 0. The van der Waals surface area contributed by atoms with Crippen LogP contribution < -0.4 is 5.32 Å². The Hall–Kier alpha value is -2.39. The van der Waals surface area contributed by atoms with E-state index in [4.69, 9.17) is 0 Å². The molecule has 27 heavy (non-hydrogen) atoms. The molecule has 0 saturated carbocycles. The highest BCUT2D eigenvalue weighted by atomic mass is 32.1. The van der Waals surface area contributed by atoms with Crippen molar-refractivity contribution in [2.45, 2.75) is 32.7 Å². The van der Waals surface area contributed by atoms with Crippen molar-refractivity contribution in [3.05, 3.63) is 35.4 Å². The second-order valence-electron chi connectivity index (χ2n) is 6.48. The van der Waals surface area contributed by atoms with E-state index in [2.05, 4.69) is 25.2 Å². The molecule has 1 aliphatic rings. The normalized spacial score (nSPS) is 16.6. The third-order valence-electron chi connectivity index (χ3n) is 4.61. The molecule has 9 heteroatoms. The van der Waals surface area contributed by atoms with Gasteiger partial charge >= 0.3 is 0 Å². The summed E-state index contributed by atoms with van der Waals surface area (Å²) in [6.07, 6.45) is 6.31. The van der Waals surface area contributed by atoms with E-state index < -0.39 is 0 Å². The van der Waals surface area contributed by atoms with E-state index >= 15 is 0 Å². The predicted octanol–water partition coefficient (Wildman–Crippen LogP) is 1.81. The van der Waals surface area contributed by atoms with Crippen LogP contribution in [0.2, 0.25) is 0 Å². The summed E-state index contributed by atoms with van der Waals surface area (Å²) in [5.74, 6) is -0.152. The minimum absolute atomic E-state index is 0.0448. The van der Waals surface area contributed by atoms with E-state index in [1.54, 1.807) is 17.3 Å². The predicted molar refractivity (Wildman–Crippen MR) is 104 cm³/mol. The summed E-state index contributed by atoms with van der Waals surface area (Å²) in [5, 5.41) is 5.33. The number of nitrogens with zero attached hydrogens (tertiary/aromatic N) is 5. The van der Waals surface area contributed by atoms with Gasteiger partial charge in [-0.2, -0.15) is 0 Å². The van der Waals surface area contributed by atoms with E-state index in [1.807, 2.05) is 19.2 Å². The SMILES string of the molecule is CCC(C(=O)Nc1nccs1)N1CCCN(C(=O)c2cnc(C)cn2)CC1. The van der Waals surface area contributed by atoms with Crippen molar-refractivity contribution in [2.75, 3.05) is 31.5 Å². The summed E-state index contributed by atoms with van der Waals surface area (Å²) in [4.78, 5) is 41.7. The van der Waals surface area contributed by atoms with Gasteiger partial charge in [-0.25, -0.2) is 9.97 Å². The first-order chi connectivity index (χ1) is 13.1. The Bertz CT molecular complexity index is 765. The molecule has 0 spiro atoms. The van der Waals surface area contributed by atoms with Crippen LogP contribution in [0.1, 0.15) is 35.9 Å². The first-order valence-electron chi connectivity index (χ1n) is 9.10. The largest absolute Gasteiger partial charge is 0.336 e. The average Bonchev–Trinajstić information content (AvgIpc) is 3.05. The number of carbonyl (C=O) groups is 2. The Morgan fingerprint density at radius 2 is 2.04 bits per heavy atom. The average molecular weight is 388 g/mol. The number of aryl methyl sites for hydroxylation is 1. The minimum Gasteiger partial charge on any atom is -0.336 e. The second kappa shape index (κ2) is 9.01. The highest BCUT2D eigenvalue weighted by Gasteiger charge is 2.28. The van der Waals surface area contributed by atoms with Crippen molar-refractivity contribution in [1.82, 2.24) is 24.8 Å². The standard InChI is InChI=1S/C18H24N6O2S/c1-3-15(16(25)22-18-19-5-10-27-18)23-6-4-7-24(9-8-23)17(26)14-12-20-13(2)11-21-14/h5,10-12,15H,3-4,6-9H2,1-2H3,(H,19,22,25). The highest BCUT2D eigenvalue weighted by molar-refractivity contribution is 7.13. The Morgan fingerprint density at radius 3 is 2.70 bits per heavy atom. The second-order valence-corrected chi connectivity index (χ2v) is 7.37. The van der Waals surface area contributed by atoms with Gasteiger partial charge in [0.1, 0.15) is 5.69 Å². The smallest absolute Gasteiger partial charge is 0.274 e. The molecule has 1 atom stereocenters. The van der Waals surface area contributed by atoms with Crippen LogP contribution in [0.5, 0.6) is 0 Å². The van der Waals surface area contributed by atoms with Crippen LogP contribution in [0.15, 0.2) is 24.0 Å². The van der Waals surface area contributed by atoms with Crippen LogP contribution in [0.25, 0.3) is 0 Å². The quantitative estimate of drug-likeness (QED) is 0.840. The van der Waals surface area contributed by atoms with Gasteiger partial charge < -0.3 is 10.2 Å². The van der Waals surface area contributed by atoms with Crippen molar-refractivity contribution in [3.63, 3.8) is 0 Å². The lowest BCUT2D eigenvalue weighted by molar-refractivity contribution is -0.121. The monoisotopic (exact) mass is 388 g/mol. The van der Waals surface area contributed by atoms with Crippen molar-refractivity contribution in [1.29, 1.82) is 0 Å². The van der Waals surface area contributed by atoms with Gasteiger partial charge in [0.15, 0.2) is 5.13 Å². The molecule has 144 valence electrons. The molecule has 1 fully saturated rings. The molecule has 1 N–H and O–H groups in total. The molecule has 8 nitrogen and oxygen atoms in total. The van der Waals surface area contributed by atoms with Gasteiger partial charge in [-0.1, -0.05) is 6.92 Å². The highest BCUT2D eigenvalue weighted by Crippen LogP contribution is 2.16. The number of hydrogen-bond donors (Lipinski definition) is 1. The van der Waals surface area contributed by atoms with Crippen molar-refractivity contribution in [3.8, 4) is 0 Å². The Balaban J connectivity index is 1.61. The number of anilines is 1. The molecule has 2 amide bonds. The summed E-state index contributed by atoms with van der Waals surface area (Å²) in [5.41, 5.74) is 1.15. The maximum Gasteiger partial charge on any atom is 0.274 e. The molecule has 0 radical (unpaired) electrons. The molecule has 3 heterocycles. The summed E-state index contributed by atoms with van der Waals surface area (Å²) in [6.45, 7) is 6.47. The Labute approximate surface area is 162 Å². The molecule has 1 saturated heterocycles. The van der Waals surface area contributed by atoms with Crippen LogP contribution in [-0.4, -0.2) is 68.8 Å². The first kappa shape index (κ1) is 19.4. The number of thiazole rings is 1. The van der Waals surface area contributed by atoms with Crippen molar-refractivity contribution >= 4 is 28.3 Å². The van der Waals surface area contributed by atoms with E-state index in [-0.39, 0.29) is 17.9 Å². The molecule has 1 aliphatic heterocycles. The van der Waals surface area contributed by atoms with E-state index in [9.17, 15) is 9.59 Å². The molecule has 2 aromatic heterocycles. The lowest BCUT2D eigenvalue weighted by Gasteiger charge is -2.28.